The van der Waals surface area contributed by atoms with Crippen molar-refractivity contribution in [1.82, 2.24) is 20.0 Å². The predicted molar refractivity (Wildman–Crippen MR) is 138 cm³/mol. The lowest BCUT2D eigenvalue weighted by atomic mass is 9.82. The summed E-state index contributed by atoms with van der Waals surface area (Å²) in [5.74, 6) is -1.60. The largest absolute Gasteiger partial charge is 0.481 e. The van der Waals surface area contributed by atoms with Gasteiger partial charge in [0.2, 0.25) is 11.8 Å². The van der Waals surface area contributed by atoms with Crippen molar-refractivity contribution in [3.05, 3.63) is 71.8 Å². The Balaban J connectivity index is 1.29. The lowest BCUT2D eigenvalue weighted by Crippen LogP contribution is -2.50. The van der Waals surface area contributed by atoms with Crippen LogP contribution in [0.4, 0.5) is 4.79 Å². The Morgan fingerprint density at radius 1 is 0.737 bits per heavy atom. The second-order valence-electron chi connectivity index (χ2n) is 9.48. The maximum atomic E-state index is 13.7. The van der Waals surface area contributed by atoms with Crippen molar-refractivity contribution in [1.29, 1.82) is 0 Å². The molecule has 0 bridgehead atoms. The number of unbranched alkanes of at least 4 members (excludes halogenated alkanes) is 1. The SMILES string of the molecule is O=C(O)CCC(=O)N1CCN(C(=O)CCCCN2C(=O)NC(c3ccccc3)(c3ccccc3)C2=O)CC1. The molecule has 0 aromatic heterocycles. The van der Waals surface area contributed by atoms with E-state index in [4.69, 9.17) is 5.11 Å². The number of rotatable bonds is 10. The summed E-state index contributed by atoms with van der Waals surface area (Å²) in [6.45, 7) is 1.77. The first-order chi connectivity index (χ1) is 18.3. The molecule has 200 valence electrons. The first kappa shape index (κ1) is 26.8. The van der Waals surface area contributed by atoms with Crippen LogP contribution in [0.15, 0.2) is 60.7 Å². The number of imide groups is 1. The number of carbonyl (C=O) groups excluding carboxylic acids is 4. The first-order valence-electron chi connectivity index (χ1n) is 12.9. The Morgan fingerprint density at radius 3 is 1.74 bits per heavy atom. The fraction of sp³-hybridized carbons (Fsp3) is 0.393. The second kappa shape index (κ2) is 11.9. The number of carboxylic acid groups (broad SMARTS) is 1. The van der Waals surface area contributed by atoms with Crippen LogP contribution in [-0.2, 0) is 24.7 Å². The molecule has 2 saturated heterocycles. The van der Waals surface area contributed by atoms with E-state index in [1.807, 2.05) is 60.7 Å². The van der Waals surface area contributed by atoms with E-state index in [0.29, 0.717) is 50.1 Å². The lowest BCUT2D eigenvalue weighted by Gasteiger charge is -2.35. The summed E-state index contributed by atoms with van der Waals surface area (Å²) in [6, 6.07) is 17.9. The summed E-state index contributed by atoms with van der Waals surface area (Å²) in [6.07, 6.45) is 1.03. The van der Waals surface area contributed by atoms with Crippen molar-refractivity contribution >= 4 is 29.7 Å². The highest BCUT2D eigenvalue weighted by Crippen LogP contribution is 2.36. The number of hydrogen-bond donors (Lipinski definition) is 2. The molecule has 38 heavy (non-hydrogen) atoms. The Hall–Kier alpha value is -4.21. The van der Waals surface area contributed by atoms with E-state index in [0.717, 1.165) is 0 Å². The van der Waals surface area contributed by atoms with Crippen molar-refractivity contribution in [3.8, 4) is 0 Å². The van der Waals surface area contributed by atoms with Crippen LogP contribution >= 0.6 is 0 Å². The molecule has 0 aliphatic carbocycles. The van der Waals surface area contributed by atoms with Crippen LogP contribution in [0, 0.1) is 0 Å². The summed E-state index contributed by atoms with van der Waals surface area (Å²) in [5.41, 5.74) is 0.0717. The lowest BCUT2D eigenvalue weighted by molar-refractivity contribution is -0.142. The zero-order valence-electron chi connectivity index (χ0n) is 21.2. The maximum absolute atomic E-state index is 13.7. The van der Waals surface area contributed by atoms with Gasteiger partial charge in [-0.25, -0.2) is 4.79 Å². The van der Waals surface area contributed by atoms with Gasteiger partial charge in [0, 0.05) is 45.6 Å². The number of nitrogens with one attached hydrogen (secondary N) is 1. The average Bonchev–Trinajstić information content (AvgIpc) is 3.20. The highest BCUT2D eigenvalue weighted by molar-refractivity contribution is 6.09. The maximum Gasteiger partial charge on any atom is 0.325 e. The molecule has 0 saturated carbocycles. The Labute approximate surface area is 221 Å². The third kappa shape index (κ3) is 5.69. The molecular weight excluding hydrogens is 488 g/mol. The fourth-order valence-electron chi connectivity index (χ4n) is 4.99. The molecule has 0 radical (unpaired) electrons. The van der Waals surface area contributed by atoms with Crippen LogP contribution < -0.4 is 5.32 Å². The van der Waals surface area contributed by atoms with Gasteiger partial charge in [-0.05, 0) is 24.0 Å². The molecule has 0 unspecified atom stereocenters. The standard InChI is InChI=1S/C28H32N4O6/c33-23(30-17-19-31(20-18-30)24(34)14-15-25(35)36)13-7-8-16-32-26(37)28(29-27(32)38,21-9-3-1-4-10-21)22-11-5-2-6-12-22/h1-6,9-12H,7-8,13-20H2,(H,29,38)(H,35,36). The number of carbonyl (C=O) groups is 5. The van der Waals surface area contributed by atoms with Gasteiger partial charge in [-0.1, -0.05) is 60.7 Å². The molecule has 2 aliphatic rings. The molecule has 2 aliphatic heterocycles. The Kier molecular flexibility index (Phi) is 8.40. The summed E-state index contributed by atoms with van der Waals surface area (Å²) >= 11 is 0. The van der Waals surface area contributed by atoms with E-state index in [9.17, 15) is 24.0 Å². The number of piperazine rings is 1. The quantitative estimate of drug-likeness (QED) is 0.365. The number of urea groups is 1. The molecule has 2 fully saturated rings. The van der Waals surface area contributed by atoms with E-state index < -0.39 is 17.5 Å². The van der Waals surface area contributed by atoms with E-state index >= 15 is 0 Å². The molecule has 2 heterocycles. The molecule has 2 N–H and O–H groups in total. The second-order valence-corrected chi connectivity index (χ2v) is 9.48. The smallest absolute Gasteiger partial charge is 0.325 e. The van der Waals surface area contributed by atoms with Gasteiger partial charge in [0.15, 0.2) is 5.54 Å². The monoisotopic (exact) mass is 520 g/mol. The topological polar surface area (TPSA) is 127 Å². The molecular formula is C28H32N4O6. The Morgan fingerprint density at radius 2 is 1.24 bits per heavy atom. The van der Waals surface area contributed by atoms with Crippen LogP contribution in [0.2, 0.25) is 0 Å². The number of hydrogen-bond acceptors (Lipinski definition) is 5. The van der Waals surface area contributed by atoms with Gasteiger partial charge < -0.3 is 20.2 Å². The van der Waals surface area contributed by atoms with Gasteiger partial charge in [-0.15, -0.1) is 0 Å². The van der Waals surface area contributed by atoms with Crippen LogP contribution in [0.1, 0.15) is 43.2 Å². The van der Waals surface area contributed by atoms with Gasteiger partial charge in [0.25, 0.3) is 5.91 Å². The number of aliphatic carboxylic acids is 1. The summed E-state index contributed by atoms with van der Waals surface area (Å²) in [7, 11) is 0. The van der Waals surface area contributed by atoms with Crippen LogP contribution in [0.5, 0.6) is 0 Å². The van der Waals surface area contributed by atoms with Gasteiger partial charge in [0.05, 0.1) is 6.42 Å². The Bertz CT molecular complexity index is 1140. The molecule has 4 rings (SSSR count). The zero-order valence-corrected chi connectivity index (χ0v) is 21.2. The van der Waals surface area contributed by atoms with E-state index in [2.05, 4.69) is 5.32 Å². The summed E-state index contributed by atoms with van der Waals surface area (Å²) < 4.78 is 0. The highest BCUT2D eigenvalue weighted by Gasteiger charge is 2.53. The van der Waals surface area contributed by atoms with Crippen LogP contribution in [0.25, 0.3) is 0 Å². The van der Waals surface area contributed by atoms with Gasteiger partial charge in [-0.3, -0.25) is 24.1 Å². The third-order valence-corrected chi connectivity index (χ3v) is 7.08. The van der Waals surface area contributed by atoms with Gasteiger partial charge >= 0.3 is 12.0 Å². The number of carboxylic acids is 1. The van der Waals surface area contributed by atoms with Gasteiger partial charge in [-0.2, -0.15) is 0 Å². The number of benzene rings is 2. The fourth-order valence-corrected chi connectivity index (χ4v) is 4.99. The van der Waals surface area contributed by atoms with Crippen molar-refractivity contribution in [3.63, 3.8) is 0 Å². The molecule has 5 amide bonds. The predicted octanol–water partition coefficient (Wildman–Crippen LogP) is 2.19. The van der Waals surface area contributed by atoms with Crippen LogP contribution in [-0.4, -0.2) is 82.3 Å². The highest BCUT2D eigenvalue weighted by atomic mass is 16.4. The van der Waals surface area contributed by atoms with Crippen LogP contribution in [0.3, 0.4) is 0 Å². The van der Waals surface area contributed by atoms with Crippen molar-refractivity contribution < 1.29 is 29.1 Å². The summed E-state index contributed by atoms with van der Waals surface area (Å²) in [5, 5.41) is 11.7. The van der Waals surface area contributed by atoms with E-state index in [-0.39, 0.29) is 43.5 Å². The minimum atomic E-state index is -1.29. The van der Waals surface area contributed by atoms with E-state index in [1.165, 1.54) is 4.90 Å². The molecule has 10 nitrogen and oxygen atoms in total. The minimum absolute atomic E-state index is 0.0391. The first-order valence-corrected chi connectivity index (χ1v) is 12.9. The normalized spacial score (nSPS) is 16.9. The average molecular weight is 521 g/mol. The summed E-state index contributed by atoms with van der Waals surface area (Å²) in [4.78, 5) is 66.6. The van der Waals surface area contributed by atoms with Gasteiger partial charge in [0.1, 0.15) is 0 Å². The number of nitrogens with zero attached hydrogens (tertiary/aromatic N) is 3. The molecule has 0 atom stereocenters. The zero-order chi connectivity index (χ0) is 27.1. The molecule has 2 aromatic rings. The van der Waals surface area contributed by atoms with Crippen molar-refractivity contribution in [2.75, 3.05) is 32.7 Å². The molecule has 10 heteroatoms. The minimum Gasteiger partial charge on any atom is -0.481 e. The molecule has 0 spiro atoms. The third-order valence-electron chi connectivity index (χ3n) is 7.08. The van der Waals surface area contributed by atoms with Crippen molar-refractivity contribution in [2.24, 2.45) is 0 Å². The number of amides is 5. The van der Waals surface area contributed by atoms with Crippen molar-refractivity contribution in [2.45, 2.75) is 37.6 Å². The molecule has 2 aromatic carbocycles. The van der Waals surface area contributed by atoms with E-state index in [1.54, 1.807) is 9.80 Å².